The Labute approximate surface area is 196 Å². The summed E-state index contributed by atoms with van der Waals surface area (Å²) >= 11 is 12.0. The zero-order valence-electron chi connectivity index (χ0n) is 17.8. The molecule has 1 aliphatic carbocycles. The lowest BCUT2D eigenvalue weighted by molar-refractivity contribution is -0.127. The Morgan fingerprint density at radius 3 is 2.59 bits per heavy atom. The van der Waals surface area contributed by atoms with Gasteiger partial charge >= 0.3 is 0 Å². The first-order valence-electron chi connectivity index (χ1n) is 10.3. The van der Waals surface area contributed by atoms with Crippen molar-refractivity contribution in [1.82, 2.24) is 10.6 Å². The Balaban J connectivity index is 1.81. The minimum Gasteiger partial charge on any atom is -0.390 e. The molecule has 0 aliphatic heterocycles. The van der Waals surface area contributed by atoms with Crippen molar-refractivity contribution < 1.29 is 19.1 Å². The van der Waals surface area contributed by atoms with Crippen LogP contribution in [0.1, 0.15) is 43.7 Å². The van der Waals surface area contributed by atoms with Crippen LogP contribution in [0.2, 0.25) is 10.0 Å². The predicted molar refractivity (Wildman–Crippen MR) is 123 cm³/mol. The highest BCUT2D eigenvalue weighted by atomic mass is 35.5. The molecule has 0 heterocycles. The maximum atomic E-state index is 14.0. The van der Waals surface area contributed by atoms with Gasteiger partial charge in [0.05, 0.1) is 11.6 Å². The molecule has 6 nitrogen and oxygen atoms in total. The summed E-state index contributed by atoms with van der Waals surface area (Å²) < 4.78 is 14.0. The molecule has 172 valence electrons. The number of halogens is 3. The molecule has 0 aromatic heterocycles. The SMILES string of the molecule is CC(c1cc(F)cc(Cl)c1)[C@@H](NCc1ccc(Cl)cc1NC=O)C(=O)NC1CC(C)(O)C1. The van der Waals surface area contributed by atoms with Gasteiger partial charge in [0.15, 0.2) is 0 Å². The molecule has 2 atom stereocenters. The van der Waals surface area contributed by atoms with Gasteiger partial charge in [-0.25, -0.2) is 4.39 Å². The van der Waals surface area contributed by atoms with Gasteiger partial charge in [-0.15, -0.1) is 0 Å². The lowest BCUT2D eigenvalue weighted by Crippen LogP contribution is -2.57. The number of aliphatic hydroxyl groups is 1. The van der Waals surface area contributed by atoms with Crippen LogP contribution in [-0.4, -0.2) is 35.1 Å². The fraction of sp³-hybridized carbons (Fsp3) is 0.391. The van der Waals surface area contributed by atoms with Crippen molar-refractivity contribution in [3.63, 3.8) is 0 Å². The second kappa shape index (κ2) is 10.2. The van der Waals surface area contributed by atoms with Crippen LogP contribution in [0.3, 0.4) is 0 Å². The molecular formula is C23H26Cl2FN3O3. The van der Waals surface area contributed by atoms with Crippen LogP contribution in [0, 0.1) is 5.82 Å². The van der Waals surface area contributed by atoms with Gasteiger partial charge in [-0.1, -0.05) is 36.2 Å². The lowest BCUT2D eigenvalue weighted by atomic mass is 9.77. The van der Waals surface area contributed by atoms with E-state index in [9.17, 15) is 19.1 Å². The van der Waals surface area contributed by atoms with Crippen LogP contribution in [0.25, 0.3) is 0 Å². The molecule has 32 heavy (non-hydrogen) atoms. The monoisotopic (exact) mass is 481 g/mol. The largest absolute Gasteiger partial charge is 0.390 e. The fourth-order valence-corrected chi connectivity index (χ4v) is 4.44. The van der Waals surface area contributed by atoms with Crippen molar-refractivity contribution in [2.24, 2.45) is 0 Å². The molecule has 2 aromatic rings. The quantitative estimate of drug-likeness (QED) is 0.407. The molecule has 0 spiro atoms. The third-order valence-corrected chi connectivity index (χ3v) is 6.16. The van der Waals surface area contributed by atoms with Gasteiger partial charge in [-0.3, -0.25) is 9.59 Å². The maximum Gasteiger partial charge on any atom is 0.237 e. The van der Waals surface area contributed by atoms with Gasteiger partial charge in [0.1, 0.15) is 5.82 Å². The van der Waals surface area contributed by atoms with Crippen LogP contribution < -0.4 is 16.0 Å². The van der Waals surface area contributed by atoms with E-state index in [0.717, 1.165) is 5.56 Å². The third-order valence-electron chi connectivity index (χ3n) is 5.71. The summed E-state index contributed by atoms with van der Waals surface area (Å²) in [4.78, 5) is 24.1. The number of amides is 2. The number of carbonyl (C=O) groups is 2. The summed E-state index contributed by atoms with van der Waals surface area (Å²) in [5.41, 5.74) is 1.05. The normalized spacial score (nSPS) is 21.9. The van der Waals surface area contributed by atoms with E-state index in [0.29, 0.717) is 35.5 Å². The van der Waals surface area contributed by atoms with Gasteiger partial charge in [-0.2, -0.15) is 0 Å². The van der Waals surface area contributed by atoms with Crippen molar-refractivity contribution >= 4 is 41.2 Å². The number of carbonyl (C=O) groups excluding carboxylic acids is 2. The number of hydrogen-bond acceptors (Lipinski definition) is 4. The number of rotatable bonds is 9. The Morgan fingerprint density at radius 1 is 1.25 bits per heavy atom. The van der Waals surface area contributed by atoms with Crippen LogP contribution in [-0.2, 0) is 16.1 Å². The molecular weight excluding hydrogens is 456 g/mol. The summed E-state index contributed by atoms with van der Waals surface area (Å²) in [6.45, 7) is 3.79. The highest BCUT2D eigenvalue weighted by Gasteiger charge is 2.40. The van der Waals surface area contributed by atoms with Gasteiger partial charge in [0.2, 0.25) is 12.3 Å². The molecule has 9 heteroatoms. The minimum atomic E-state index is -0.777. The Morgan fingerprint density at radius 2 is 1.97 bits per heavy atom. The van der Waals surface area contributed by atoms with Crippen molar-refractivity contribution in [1.29, 1.82) is 0 Å². The molecule has 2 amide bonds. The van der Waals surface area contributed by atoms with E-state index < -0.39 is 23.4 Å². The topological polar surface area (TPSA) is 90.5 Å². The molecule has 2 aromatic carbocycles. The first kappa shape index (κ1) is 24.5. The molecule has 4 N–H and O–H groups in total. The summed E-state index contributed by atoms with van der Waals surface area (Å²) in [5, 5.41) is 19.5. The molecule has 3 rings (SSSR count). The van der Waals surface area contributed by atoms with E-state index in [1.54, 1.807) is 31.2 Å². The van der Waals surface area contributed by atoms with E-state index in [1.807, 2.05) is 6.92 Å². The van der Waals surface area contributed by atoms with Crippen LogP contribution in [0.5, 0.6) is 0 Å². The Bertz CT molecular complexity index is 974. The zero-order valence-corrected chi connectivity index (χ0v) is 19.3. The maximum absolute atomic E-state index is 14.0. The minimum absolute atomic E-state index is 0.132. The predicted octanol–water partition coefficient (Wildman–Crippen LogP) is 3.99. The molecule has 0 saturated heterocycles. The number of benzene rings is 2. The number of anilines is 1. The average Bonchev–Trinajstić information content (AvgIpc) is 2.67. The molecule has 1 aliphatic rings. The van der Waals surface area contributed by atoms with Gasteiger partial charge in [0.25, 0.3) is 0 Å². The zero-order chi connectivity index (χ0) is 23.5. The van der Waals surface area contributed by atoms with E-state index in [2.05, 4.69) is 16.0 Å². The van der Waals surface area contributed by atoms with Crippen molar-refractivity contribution in [3.8, 4) is 0 Å². The Kier molecular flexibility index (Phi) is 7.77. The first-order valence-corrected chi connectivity index (χ1v) is 11.0. The summed E-state index contributed by atoms with van der Waals surface area (Å²) in [5.74, 6) is -1.17. The van der Waals surface area contributed by atoms with Crippen molar-refractivity contribution in [2.75, 3.05) is 5.32 Å². The molecule has 1 saturated carbocycles. The highest BCUT2D eigenvalue weighted by molar-refractivity contribution is 6.31. The van der Waals surface area contributed by atoms with E-state index in [-0.39, 0.29) is 23.5 Å². The second-order valence-corrected chi connectivity index (χ2v) is 9.40. The van der Waals surface area contributed by atoms with Gasteiger partial charge < -0.3 is 21.1 Å². The highest BCUT2D eigenvalue weighted by Crippen LogP contribution is 2.32. The number of hydrogen-bond donors (Lipinski definition) is 4. The average molecular weight is 482 g/mol. The molecule has 0 radical (unpaired) electrons. The van der Waals surface area contributed by atoms with Crippen LogP contribution in [0.15, 0.2) is 36.4 Å². The van der Waals surface area contributed by atoms with E-state index >= 15 is 0 Å². The van der Waals surface area contributed by atoms with Gasteiger partial charge in [-0.05, 0) is 61.2 Å². The van der Waals surface area contributed by atoms with Gasteiger partial charge in [0, 0.05) is 34.2 Å². The molecule has 1 fully saturated rings. The van der Waals surface area contributed by atoms with Crippen molar-refractivity contribution in [3.05, 3.63) is 63.4 Å². The van der Waals surface area contributed by atoms with Crippen LogP contribution in [0.4, 0.5) is 10.1 Å². The van der Waals surface area contributed by atoms with E-state index in [4.69, 9.17) is 23.2 Å². The summed E-state index contributed by atoms with van der Waals surface area (Å²) in [6.07, 6.45) is 1.49. The smallest absolute Gasteiger partial charge is 0.237 e. The lowest BCUT2D eigenvalue weighted by Gasteiger charge is -2.42. The molecule has 1 unspecified atom stereocenters. The standard InChI is InChI=1S/C23H26Cl2FN3O3/c1-13(15-5-17(25)7-18(26)6-15)21(22(31)29-19-9-23(2,32)10-19)27-11-14-3-4-16(24)8-20(14)28-12-30/h3-8,12-13,19,21,27,32H,9-11H2,1-2H3,(H,28,30)(H,29,31)/t13?,19?,21-,23?/m1/s1. The van der Waals surface area contributed by atoms with Crippen LogP contribution >= 0.6 is 23.2 Å². The fourth-order valence-electron chi connectivity index (χ4n) is 4.04. The number of nitrogens with one attached hydrogen (secondary N) is 3. The second-order valence-electron chi connectivity index (χ2n) is 8.52. The van der Waals surface area contributed by atoms with E-state index in [1.165, 1.54) is 12.1 Å². The summed E-state index contributed by atoms with van der Waals surface area (Å²) in [6, 6.07) is 8.40. The van der Waals surface area contributed by atoms with Crippen molar-refractivity contribution in [2.45, 2.75) is 56.8 Å². The third kappa shape index (κ3) is 6.19. The Hall–Kier alpha value is -2.19. The summed E-state index contributed by atoms with van der Waals surface area (Å²) in [7, 11) is 0. The first-order chi connectivity index (χ1) is 15.1. The molecule has 0 bridgehead atoms.